The van der Waals surface area contributed by atoms with Gasteiger partial charge in [0.05, 0.1) is 17.6 Å². The van der Waals surface area contributed by atoms with E-state index in [1.807, 2.05) is 0 Å². The van der Waals surface area contributed by atoms with Crippen LogP contribution in [0.5, 0.6) is 0 Å². The number of nitrogens with zero attached hydrogens (tertiary/aromatic N) is 1. The molecule has 2 amide bonds. The highest BCUT2D eigenvalue weighted by Crippen LogP contribution is 2.18. The number of carbonyl (C=O) groups is 3. The smallest absolute Gasteiger partial charge is 0.338 e. The topological polar surface area (TPSA) is 128 Å². The van der Waals surface area contributed by atoms with Gasteiger partial charge in [-0.3, -0.25) is 19.7 Å². The van der Waals surface area contributed by atoms with E-state index in [2.05, 4.69) is 15.4 Å². The summed E-state index contributed by atoms with van der Waals surface area (Å²) in [6, 6.07) is 10.3. The first-order valence-electron chi connectivity index (χ1n) is 8.77. The number of ether oxygens (including phenoxy) is 1. The van der Waals surface area contributed by atoms with E-state index in [1.54, 1.807) is 38.1 Å². The van der Waals surface area contributed by atoms with Gasteiger partial charge >= 0.3 is 5.97 Å². The van der Waals surface area contributed by atoms with Crippen LogP contribution in [0.1, 0.15) is 40.1 Å². The van der Waals surface area contributed by atoms with Crippen LogP contribution in [0.25, 0.3) is 0 Å². The quantitative estimate of drug-likeness (QED) is 0.419. The minimum atomic E-state index is -0.781. The molecular weight excluding hydrogens is 378 g/mol. The van der Waals surface area contributed by atoms with Crippen LogP contribution in [-0.2, 0) is 16.1 Å². The Hall–Kier alpha value is -3.75. The average molecular weight is 399 g/mol. The molecule has 0 aliphatic heterocycles. The predicted octanol–water partition coefficient (Wildman–Crippen LogP) is 2.91. The monoisotopic (exact) mass is 399 g/mol. The number of nitro benzene ring substituents is 1. The SMILES string of the molecule is COC(=O)c1cc(C(=O)NCc2cccc(NC(=O)C(C)C)c2)cc([N+](=O)[O-])c1. The van der Waals surface area contributed by atoms with Crippen molar-refractivity contribution >= 4 is 29.2 Å². The Balaban J connectivity index is 2.15. The summed E-state index contributed by atoms with van der Waals surface area (Å²) in [5, 5.41) is 16.5. The number of amides is 2. The van der Waals surface area contributed by atoms with Crippen molar-refractivity contribution in [1.82, 2.24) is 5.32 Å². The second-order valence-corrected chi connectivity index (χ2v) is 6.54. The van der Waals surface area contributed by atoms with Gasteiger partial charge in [0.2, 0.25) is 5.91 Å². The van der Waals surface area contributed by atoms with Crippen molar-refractivity contribution in [2.24, 2.45) is 5.92 Å². The molecule has 0 atom stereocenters. The van der Waals surface area contributed by atoms with E-state index in [0.29, 0.717) is 5.69 Å². The lowest BCUT2D eigenvalue weighted by Crippen LogP contribution is -2.23. The van der Waals surface area contributed by atoms with Crippen molar-refractivity contribution in [2.75, 3.05) is 12.4 Å². The number of non-ortho nitro benzene ring substituents is 1. The summed E-state index contributed by atoms with van der Waals surface area (Å²) < 4.78 is 4.57. The van der Waals surface area contributed by atoms with Gasteiger partial charge in [-0.15, -0.1) is 0 Å². The standard InChI is InChI=1S/C20H21N3O6/c1-12(2)18(24)22-16-6-4-5-13(7-16)11-21-19(25)14-8-15(20(26)29-3)10-17(9-14)23(27)28/h4-10,12H,11H2,1-3H3,(H,21,25)(H,22,24). The molecule has 2 rings (SSSR count). The minimum Gasteiger partial charge on any atom is -0.465 e. The van der Waals surface area contributed by atoms with E-state index in [4.69, 9.17) is 0 Å². The Morgan fingerprint density at radius 2 is 1.79 bits per heavy atom. The first kappa shape index (κ1) is 21.5. The number of rotatable bonds is 7. The molecule has 9 nitrogen and oxygen atoms in total. The van der Waals surface area contributed by atoms with Crippen LogP contribution in [0.15, 0.2) is 42.5 Å². The third-order valence-electron chi connectivity index (χ3n) is 3.98. The molecule has 0 fully saturated rings. The number of esters is 1. The lowest BCUT2D eigenvalue weighted by Gasteiger charge is -2.10. The van der Waals surface area contributed by atoms with Gasteiger partial charge in [-0.25, -0.2) is 4.79 Å². The molecule has 0 spiro atoms. The van der Waals surface area contributed by atoms with Crippen LogP contribution in [0.4, 0.5) is 11.4 Å². The summed E-state index contributed by atoms with van der Waals surface area (Å²) >= 11 is 0. The molecule has 0 heterocycles. The Bertz CT molecular complexity index is 955. The van der Waals surface area contributed by atoms with Gasteiger partial charge in [0.1, 0.15) is 0 Å². The number of benzene rings is 2. The summed E-state index contributed by atoms with van der Waals surface area (Å²) in [7, 11) is 1.14. The summed E-state index contributed by atoms with van der Waals surface area (Å²) in [6.07, 6.45) is 0. The second kappa shape index (κ2) is 9.45. The van der Waals surface area contributed by atoms with Crippen LogP contribution >= 0.6 is 0 Å². The fourth-order valence-corrected chi connectivity index (χ4v) is 2.41. The van der Waals surface area contributed by atoms with E-state index in [0.717, 1.165) is 24.8 Å². The number of hydrogen-bond acceptors (Lipinski definition) is 6. The van der Waals surface area contributed by atoms with E-state index >= 15 is 0 Å². The number of carbonyl (C=O) groups excluding carboxylic acids is 3. The lowest BCUT2D eigenvalue weighted by molar-refractivity contribution is -0.384. The second-order valence-electron chi connectivity index (χ2n) is 6.54. The largest absolute Gasteiger partial charge is 0.465 e. The van der Waals surface area contributed by atoms with Gasteiger partial charge in [0, 0.05) is 35.8 Å². The van der Waals surface area contributed by atoms with Crippen LogP contribution < -0.4 is 10.6 Å². The number of anilines is 1. The van der Waals surface area contributed by atoms with Gasteiger partial charge in [-0.2, -0.15) is 0 Å². The fraction of sp³-hybridized carbons (Fsp3) is 0.250. The predicted molar refractivity (Wildman–Crippen MR) is 106 cm³/mol. The van der Waals surface area contributed by atoms with Crippen molar-refractivity contribution in [1.29, 1.82) is 0 Å². The number of hydrogen-bond donors (Lipinski definition) is 2. The molecule has 0 bridgehead atoms. The van der Waals surface area contributed by atoms with E-state index in [1.165, 1.54) is 6.07 Å². The number of methoxy groups -OCH3 is 1. The summed E-state index contributed by atoms with van der Waals surface area (Å²) in [4.78, 5) is 46.3. The third-order valence-corrected chi connectivity index (χ3v) is 3.98. The highest BCUT2D eigenvalue weighted by molar-refractivity contribution is 5.99. The van der Waals surface area contributed by atoms with Crippen molar-refractivity contribution in [3.8, 4) is 0 Å². The average Bonchev–Trinajstić information content (AvgIpc) is 2.71. The molecule has 0 saturated heterocycles. The molecule has 152 valence electrons. The molecule has 2 aromatic carbocycles. The van der Waals surface area contributed by atoms with Crippen LogP contribution in [0.2, 0.25) is 0 Å². The molecule has 2 N–H and O–H groups in total. The van der Waals surface area contributed by atoms with Crippen molar-refractivity contribution in [3.63, 3.8) is 0 Å². The Morgan fingerprint density at radius 3 is 2.41 bits per heavy atom. The molecular formula is C20H21N3O6. The molecule has 0 aliphatic carbocycles. The van der Waals surface area contributed by atoms with Crippen LogP contribution in [0, 0.1) is 16.0 Å². The minimum absolute atomic E-state index is 0.0381. The first-order chi connectivity index (χ1) is 13.7. The molecule has 2 aromatic rings. The highest BCUT2D eigenvalue weighted by Gasteiger charge is 2.18. The number of nitrogens with one attached hydrogen (secondary N) is 2. The molecule has 9 heteroatoms. The molecule has 29 heavy (non-hydrogen) atoms. The summed E-state index contributed by atoms with van der Waals surface area (Å²) in [6.45, 7) is 3.68. The zero-order valence-corrected chi connectivity index (χ0v) is 16.2. The number of nitro groups is 1. The zero-order valence-electron chi connectivity index (χ0n) is 16.2. The molecule has 0 unspecified atom stereocenters. The Morgan fingerprint density at radius 1 is 1.10 bits per heavy atom. The van der Waals surface area contributed by atoms with Crippen molar-refractivity contribution < 1.29 is 24.0 Å². The van der Waals surface area contributed by atoms with E-state index in [9.17, 15) is 24.5 Å². The molecule has 0 saturated carbocycles. The maximum atomic E-state index is 12.5. The van der Waals surface area contributed by atoms with E-state index in [-0.39, 0.29) is 29.5 Å². The van der Waals surface area contributed by atoms with E-state index < -0.39 is 22.5 Å². The third kappa shape index (κ3) is 5.86. The molecule has 0 radical (unpaired) electrons. The van der Waals surface area contributed by atoms with Gasteiger partial charge in [0.25, 0.3) is 11.6 Å². The van der Waals surface area contributed by atoms with Gasteiger partial charge in [-0.05, 0) is 23.8 Å². The summed E-state index contributed by atoms with van der Waals surface area (Å²) in [5.74, 6) is -1.67. The van der Waals surface area contributed by atoms with Crippen molar-refractivity contribution in [2.45, 2.75) is 20.4 Å². The van der Waals surface area contributed by atoms with Gasteiger partial charge in [0.15, 0.2) is 0 Å². The summed E-state index contributed by atoms with van der Waals surface area (Å²) in [5.41, 5.74) is 0.794. The molecule has 0 aromatic heterocycles. The first-order valence-corrected chi connectivity index (χ1v) is 8.77. The fourth-order valence-electron chi connectivity index (χ4n) is 2.41. The maximum Gasteiger partial charge on any atom is 0.338 e. The van der Waals surface area contributed by atoms with Crippen molar-refractivity contribution in [3.05, 3.63) is 69.3 Å². The van der Waals surface area contributed by atoms with Crippen LogP contribution in [0.3, 0.4) is 0 Å². The lowest BCUT2D eigenvalue weighted by atomic mass is 10.1. The van der Waals surface area contributed by atoms with Gasteiger partial charge in [-0.1, -0.05) is 26.0 Å². The van der Waals surface area contributed by atoms with Crippen LogP contribution in [-0.4, -0.2) is 29.8 Å². The van der Waals surface area contributed by atoms with Gasteiger partial charge < -0.3 is 15.4 Å². The molecule has 0 aliphatic rings. The normalized spacial score (nSPS) is 10.3. The zero-order chi connectivity index (χ0) is 21.6. The Kier molecular flexibility index (Phi) is 7.02. The highest BCUT2D eigenvalue weighted by atomic mass is 16.6. The Labute approximate surface area is 167 Å². The maximum absolute atomic E-state index is 12.5.